The molecule has 42 heavy (non-hydrogen) atoms. The van der Waals surface area contributed by atoms with Crippen LogP contribution in [0, 0.1) is 5.92 Å². The molecule has 3 aromatic carbocycles. The van der Waals surface area contributed by atoms with Gasteiger partial charge in [-0.05, 0) is 54.8 Å². The Bertz CT molecular complexity index is 1810. The van der Waals surface area contributed by atoms with Crippen LogP contribution in [0.4, 0.5) is 0 Å². The van der Waals surface area contributed by atoms with E-state index in [1.807, 2.05) is 78.9 Å². The summed E-state index contributed by atoms with van der Waals surface area (Å²) in [5.41, 5.74) is 2.69. The quantitative estimate of drug-likeness (QED) is 0.217. The van der Waals surface area contributed by atoms with Gasteiger partial charge in [-0.1, -0.05) is 83.6 Å². The van der Waals surface area contributed by atoms with Crippen molar-refractivity contribution >= 4 is 45.0 Å². The third-order valence-electron chi connectivity index (χ3n) is 6.62. The monoisotopic (exact) mass is 646 g/mol. The first kappa shape index (κ1) is 29.5. The Hall–Kier alpha value is -3.95. The van der Waals surface area contributed by atoms with Crippen molar-refractivity contribution in [2.24, 2.45) is 10.9 Å². The minimum atomic E-state index is -0.836. The van der Waals surface area contributed by atoms with E-state index in [1.54, 1.807) is 18.6 Å². The second-order valence-corrected chi connectivity index (χ2v) is 12.0. The molecular formula is C33H31BrN2O5S. The Morgan fingerprint density at radius 3 is 2.50 bits per heavy atom. The van der Waals surface area contributed by atoms with Gasteiger partial charge in [0.2, 0.25) is 0 Å². The summed E-state index contributed by atoms with van der Waals surface area (Å²) in [6, 6.07) is 21.8. The number of carbonyl (C=O) groups is 1. The molecule has 9 heteroatoms. The van der Waals surface area contributed by atoms with E-state index in [4.69, 9.17) is 19.2 Å². The van der Waals surface area contributed by atoms with Crippen LogP contribution in [0.25, 0.3) is 11.8 Å². The first-order chi connectivity index (χ1) is 20.3. The zero-order valence-corrected chi connectivity index (χ0v) is 26.2. The van der Waals surface area contributed by atoms with Gasteiger partial charge in [0.15, 0.2) is 4.80 Å². The van der Waals surface area contributed by atoms with E-state index in [0.717, 1.165) is 21.3 Å². The van der Waals surface area contributed by atoms with Crippen LogP contribution in [0.3, 0.4) is 0 Å². The Morgan fingerprint density at radius 1 is 1.10 bits per heavy atom. The average molecular weight is 648 g/mol. The maximum atomic E-state index is 14.1. The van der Waals surface area contributed by atoms with Gasteiger partial charge in [-0.2, -0.15) is 0 Å². The van der Waals surface area contributed by atoms with Gasteiger partial charge in [0.1, 0.15) is 17.5 Å². The van der Waals surface area contributed by atoms with E-state index < -0.39 is 12.0 Å². The van der Waals surface area contributed by atoms with Crippen molar-refractivity contribution in [1.82, 2.24) is 4.57 Å². The molecule has 0 unspecified atom stereocenters. The highest BCUT2D eigenvalue weighted by Gasteiger charge is 2.36. The molecular weight excluding hydrogens is 616 g/mol. The topological polar surface area (TPSA) is 79.1 Å². The van der Waals surface area contributed by atoms with Gasteiger partial charge < -0.3 is 14.2 Å². The van der Waals surface area contributed by atoms with Gasteiger partial charge in [0, 0.05) is 15.6 Å². The molecule has 0 bridgehead atoms. The number of thiazole rings is 1. The summed E-state index contributed by atoms with van der Waals surface area (Å²) < 4.78 is 19.9. The Kier molecular flexibility index (Phi) is 9.09. The molecule has 7 nitrogen and oxygen atoms in total. The van der Waals surface area contributed by atoms with Crippen LogP contribution < -0.4 is 24.4 Å². The highest BCUT2D eigenvalue weighted by molar-refractivity contribution is 9.10. The van der Waals surface area contributed by atoms with E-state index in [0.29, 0.717) is 38.9 Å². The molecule has 2 heterocycles. The van der Waals surface area contributed by atoms with Gasteiger partial charge in [0.25, 0.3) is 5.56 Å². The lowest BCUT2D eigenvalue weighted by Gasteiger charge is -2.27. The Labute approximate surface area is 256 Å². The molecule has 1 aromatic heterocycles. The van der Waals surface area contributed by atoms with Gasteiger partial charge in [-0.25, -0.2) is 9.79 Å². The van der Waals surface area contributed by atoms with E-state index in [9.17, 15) is 9.59 Å². The van der Waals surface area contributed by atoms with Crippen LogP contribution in [0.5, 0.6) is 11.5 Å². The van der Waals surface area contributed by atoms with Crippen molar-refractivity contribution in [2.75, 3.05) is 20.3 Å². The number of rotatable bonds is 9. The van der Waals surface area contributed by atoms with Crippen LogP contribution in [0.1, 0.15) is 43.5 Å². The maximum absolute atomic E-state index is 14.1. The third kappa shape index (κ3) is 6.12. The fraction of sp³-hybridized carbons (Fsp3) is 0.242. The Balaban J connectivity index is 1.75. The van der Waals surface area contributed by atoms with Crippen molar-refractivity contribution in [3.8, 4) is 11.5 Å². The molecule has 0 saturated carbocycles. The van der Waals surface area contributed by atoms with Gasteiger partial charge in [-0.15, -0.1) is 0 Å². The van der Waals surface area contributed by atoms with Crippen molar-refractivity contribution in [3.05, 3.63) is 119 Å². The van der Waals surface area contributed by atoms with E-state index in [2.05, 4.69) is 29.8 Å². The molecule has 0 radical (unpaired) electrons. The number of carbonyl (C=O) groups excluding carboxylic acids is 1. The highest BCUT2D eigenvalue weighted by Crippen LogP contribution is 2.39. The molecule has 0 aliphatic carbocycles. The molecule has 0 N–H and O–H groups in total. The average Bonchev–Trinajstić information content (AvgIpc) is 3.30. The van der Waals surface area contributed by atoms with E-state index in [-0.39, 0.29) is 17.7 Å². The fourth-order valence-corrected chi connectivity index (χ4v) is 6.11. The lowest BCUT2D eigenvalue weighted by atomic mass is 9.92. The number of halogens is 1. The van der Waals surface area contributed by atoms with Crippen molar-refractivity contribution < 1.29 is 19.0 Å². The van der Waals surface area contributed by atoms with E-state index in [1.165, 1.54) is 11.3 Å². The highest BCUT2D eigenvalue weighted by atomic mass is 79.9. The summed E-state index contributed by atoms with van der Waals surface area (Å²) >= 11 is 4.84. The largest absolute Gasteiger partial charge is 0.496 e. The molecule has 4 aromatic rings. The summed E-state index contributed by atoms with van der Waals surface area (Å²) in [6.07, 6.45) is 1.83. The number of methoxy groups -OCH3 is 1. The number of hydrogen-bond acceptors (Lipinski definition) is 7. The first-order valence-electron chi connectivity index (χ1n) is 13.7. The molecule has 0 saturated heterocycles. The second kappa shape index (κ2) is 12.9. The fourth-order valence-electron chi connectivity index (χ4n) is 4.73. The standard InChI is InChI=1S/C33H31BrN2O5S/c1-5-40-32(38)28-29(22-9-7-6-8-10-22)35-33-36(30(28)25-18-23(34)13-16-26(25)39-4)31(37)27(42-33)17-21-11-14-24(15-12-21)41-19-20(2)3/h6-18,20,30H,5,19H2,1-4H3/b27-17-/t30-/m0/s1. The number of nitrogens with zero attached hydrogens (tertiary/aromatic N) is 2. The summed E-state index contributed by atoms with van der Waals surface area (Å²) in [5.74, 6) is 1.18. The number of esters is 1. The van der Waals surface area contributed by atoms with Crippen LogP contribution in [-0.4, -0.2) is 30.9 Å². The lowest BCUT2D eigenvalue weighted by molar-refractivity contribution is -0.138. The first-order valence-corrected chi connectivity index (χ1v) is 15.3. The predicted molar refractivity (Wildman–Crippen MR) is 169 cm³/mol. The van der Waals surface area contributed by atoms with E-state index >= 15 is 0 Å². The molecule has 5 rings (SSSR count). The van der Waals surface area contributed by atoms with Crippen molar-refractivity contribution in [3.63, 3.8) is 0 Å². The lowest BCUT2D eigenvalue weighted by Crippen LogP contribution is -2.40. The van der Waals surface area contributed by atoms with Crippen LogP contribution in [0.2, 0.25) is 0 Å². The number of benzene rings is 3. The predicted octanol–water partition coefficient (Wildman–Crippen LogP) is 5.74. The minimum absolute atomic E-state index is 0.175. The number of fused-ring (bicyclic) bond motifs is 1. The van der Waals surface area contributed by atoms with Crippen molar-refractivity contribution in [1.29, 1.82) is 0 Å². The molecule has 1 aliphatic heterocycles. The third-order valence-corrected chi connectivity index (χ3v) is 8.10. The zero-order chi connectivity index (χ0) is 29.8. The summed E-state index contributed by atoms with van der Waals surface area (Å²) in [4.78, 5) is 33.2. The van der Waals surface area contributed by atoms with Crippen LogP contribution >= 0.6 is 27.3 Å². The molecule has 1 atom stereocenters. The molecule has 1 aliphatic rings. The maximum Gasteiger partial charge on any atom is 0.338 e. The number of ether oxygens (including phenoxy) is 3. The number of hydrogen-bond donors (Lipinski definition) is 0. The molecule has 0 amide bonds. The van der Waals surface area contributed by atoms with Crippen LogP contribution in [0.15, 0.2) is 92.6 Å². The smallest absolute Gasteiger partial charge is 0.338 e. The van der Waals surface area contributed by atoms with Crippen LogP contribution in [-0.2, 0) is 9.53 Å². The van der Waals surface area contributed by atoms with Crippen molar-refractivity contribution in [2.45, 2.75) is 26.8 Å². The second-order valence-electron chi connectivity index (χ2n) is 10.1. The summed E-state index contributed by atoms with van der Waals surface area (Å²) in [5, 5.41) is 0. The summed E-state index contributed by atoms with van der Waals surface area (Å²) in [7, 11) is 1.57. The zero-order valence-electron chi connectivity index (χ0n) is 23.8. The normalized spacial score (nSPS) is 14.9. The SMILES string of the molecule is CCOC(=O)C1=C(c2ccccc2)N=c2s/c(=C\c3ccc(OCC(C)C)cc3)c(=O)n2[C@H]1c1cc(Br)ccc1OC. The molecule has 216 valence electrons. The van der Waals surface area contributed by atoms with Gasteiger partial charge in [-0.3, -0.25) is 9.36 Å². The Morgan fingerprint density at radius 2 is 1.83 bits per heavy atom. The minimum Gasteiger partial charge on any atom is -0.496 e. The van der Waals surface area contributed by atoms with Gasteiger partial charge >= 0.3 is 5.97 Å². The number of aromatic nitrogens is 1. The molecule has 0 fully saturated rings. The van der Waals surface area contributed by atoms with Gasteiger partial charge in [0.05, 0.1) is 36.1 Å². The molecule has 0 spiro atoms. The summed E-state index contributed by atoms with van der Waals surface area (Å²) in [6.45, 7) is 6.75.